The largest absolute Gasteiger partial charge is 0.448 e. The van der Waals surface area contributed by atoms with Crippen LogP contribution in [-0.4, -0.2) is 11.2 Å². The molecule has 0 saturated heterocycles. The second-order valence-electron chi connectivity index (χ2n) is 2.41. The summed E-state index contributed by atoms with van der Waals surface area (Å²) in [5.74, 6) is 0.505. The maximum atomic E-state index is 9.06. The van der Waals surface area contributed by atoms with Crippen LogP contribution in [0.3, 0.4) is 0 Å². The van der Waals surface area contributed by atoms with E-state index in [1.54, 1.807) is 19.1 Å². The minimum Gasteiger partial charge on any atom is -0.448 e. The Morgan fingerprint density at radius 1 is 1.64 bits per heavy atom. The van der Waals surface area contributed by atoms with Crippen molar-refractivity contribution < 1.29 is 9.52 Å². The third-order valence-electron chi connectivity index (χ3n) is 1.44. The Morgan fingerprint density at radius 3 is 2.64 bits per heavy atom. The molecule has 0 spiro atoms. The zero-order valence-corrected chi connectivity index (χ0v) is 6.88. The molecule has 2 atom stereocenters. The number of rotatable bonds is 2. The molecule has 1 aromatic rings. The molecule has 0 bridgehead atoms. The Morgan fingerprint density at radius 2 is 2.27 bits per heavy atom. The zero-order chi connectivity index (χ0) is 8.43. The van der Waals surface area contributed by atoms with Gasteiger partial charge in [-0.3, -0.25) is 0 Å². The van der Waals surface area contributed by atoms with Gasteiger partial charge >= 0.3 is 0 Å². The molecule has 4 heteroatoms. The smallest absolute Gasteiger partial charge is 0.193 e. The normalized spacial score (nSPS) is 16.4. The second kappa shape index (κ2) is 3.26. The average Bonchev–Trinajstić information content (AvgIpc) is 2.34. The minimum atomic E-state index is -0.628. The van der Waals surface area contributed by atoms with Gasteiger partial charge in [0.2, 0.25) is 0 Å². The number of nitrogens with two attached hydrogens (primary N) is 1. The fraction of sp³-hybridized carbons (Fsp3) is 0.429. The van der Waals surface area contributed by atoms with E-state index in [1.165, 1.54) is 0 Å². The molecule has 0 saturated carbocycles. The Labute approximate surface area is 69.8 Å². The number of halogens is 1. The van der Waals surface area contributed by atoms with E-state index >= 15 is 0 Å². The van der Waals surface area contributed by atoms with Crippen LogP contribution < -0.4 is 5.73 Å². The summed E-state index contributed by atoms with van der Waals surface area (Å²) in [5.41, 5.74) is 5.55. The summed E-state index contributed by atoms with van der Waals surface area (Å²) in [5, 5.41) is 9.34. The number of aliphatic hydroxyl groups excluding tert-OH is 1. The molecule has 0 unspecified atom stereocenters. The van der Waals surface area contributed by atoms with Crippen LogP contribution in [0.2, 0.25) is 5.22 Å². The van der Waals surface area contributed by atoms with E-state index < -0.39 is 12.1 Å². The highest BCUT2D eigenvalue weighted by Gasteiger charge is 2.15. The van der Waals surface area contributed by atoms with Gasteiger partial charge in [0.1, 0.15) is 5.76 Å². The molecule has 0 aliphatic carbocycles. The summed E-state index contributed by atoms with van der Waals surface area (Å²) in [6.45, 7) is 1.60. The first-order chi connectivity index (χ1) is 5.11. The van der Waals surface area contributed by atoms with Crippen LogP contribution in [0.4, 0.5) is 0 Å². The van der Waals surface area contributed by atoms with Gasteiger partial charge in [0, 0.05) is 0 Å². The topological polar surface area (TPSA) is 59.4 Å². The molecule has 62 valence electrons. The molecule has 1 rings (SSSR count). The van der Waals surface area contributed by atoms with Gasteiger partial charge in [-0.25, -0.2) is 0 Å². The quantitative estimate of drug-likeness (QED) is 0.713. The third kappa shape index (κ3) is 1.96. The fourth-order valence-electron chi connectivity index (χ4n) is 0.745. The molecule has 0 aliphatic heterocycles. The SMILES string of the molecule is C[C@H](O)[C@H](N)c1ccc(Cl)o1. The molecule has 0 radical (unpaired) electrons. The number of furan rings is 1. The molecule has 0 amide bonds. The highest BCUT2D eigenvalue weighted by atomic mass is 35.5. The highest BCUT2D eigenvalue weighted by Crippen LogP contribution is 2.20. The standard InChI is InChI=1S/C7H10ClNO2/c1-4(10)7(9)5-2-3-6(8)11-5/h2-4,7,10H,9H2,1H3/t4-,7-/m0/s1. The van der Waals surface area contributed by atoms with E-state index in [0.717, 1.165) is 0 Å². The molecule has 0 aromatic carbocycles. The first-order valence-electron chi connectivity index (χ1n) is 3.30. The van der Waals surface area contributed by atoms with Crippen LogP contribution in [0.1, 0.15) is 18.7 Å². The van der Waals surface area contributed by atoms with Crippen LogP contribution in [0.5, 0.6) is 0 Å². The van der Waals surface area contributed by atoms with Gasteiger partial charge in [-0.05, 0) is 30.7 Å². The number of hydrogen-bond donors (Lipinski definition) is 2. The van der Waals surface area contributed by atoms with Crippen molar-refractivity contribution in [1.82, 2.24) is 0 Å². The van der Waals surface area contributed by atoms with Crippen molar-refractivity contribution in [2.45, 2.75) is 19.1 Å². The van der Waals surface area contributed by atoms with Gasteiger partial charge in [0.15, 0.2) is 5.22 Å². The van der Waals surface area contributed by atoms with Crippen molar-refractivity contribution in [2.24, 2.45) is 5.73 Å². The average molecular weight is 176 g/mol. The highest BCUT2D eigenvalue weighted by molar-refractivity contribution is 6.28. The van der Waals surface area contributed by atoms with Crippen LogP contribution in [0.25, 0.3) is 0 Å². The van der Waals surface area contributed by atoms with Crippen LogP contribution in [-0.2, 0) is 0 Å². The van der Waals surface area contributed by atoms with Gasteiger partial charge in [0.05, 0.1) is 12.1 Å². The molecule has 1 aromatic heterocycles. The van der Waals surface area contributed by atoms with Crippen LogP contribution in [0.15, 0.2) is 16.5 Å². The number of hydrogen-bond acceptors (Lipinski definition) is 3. The third-order valence-corrected chi connectivity index (χ3v) is 1.65. The van der Waals surface area contributed by atoms with Crippen molar-refractivity contribution >= 4 is 11.6 Å². The predicted molar refractivity (Wildman–Crippen MR) is 42.3 cm³/mol. The molecular formula is C7H10ClNO2. The molecule has 11 heavy (non-hydrogen) atoms. The molecule has 1 heterocycles. The molecule has 0 aliphatic rings. The van der Waals surface area contributed by atoms with Crippen LogP contribution >= 0.6 is 11.6 Å². The summed E-state index contributed by atoms with van der Waals surface area (Å²) in [4.78, 5) is 0. The van der Waals surface area contributed by atoms with Gasteiger partial charge in [0.25, 0.3) is 0 Å². The molecule has 3 nitrogen and oxygen atoms in total. The summed E-state index contributed by atoms with van der Waals surface area (Å²) in [6, 6.07) is 2.75. The van der Waals surface area contributed by atoms with Crippen molar-refractivity contribution in [3.8, 4) is 0 Å². The summed E-state index contributed by atoms with van der Waals surface area (Å²) in [6.07, 6.45) is -0.628. The zero-order valence-electron chi connectivity index (χ0n) is 6.12. The van der Waals surface area contributed by atoms with Gasteiger partial charge in [-0.15, -0.1) is 0 Å². The van der Waals surface area contributed by atoms with Crippen LogP contribution in [0, 0.1) is 0 Å². The lowest BCUT2D eigenvalue weighted by Crippen LogP contribution is -2.22. The molecule has 0 fully saturated rings. The van der Waals surface area contributed by atoms with Gasteiger partial charge in [-0.1, -0.05) is 0 Å². The predicted octanol–water partition coefficient (Wildman–Crippen LogP) is 1.31. The Bertz CT molecular complexity index is 234. The van der Waals surface area contributed by atoms with E-state index in [0.29, 0.717) is 5.76 Å². The Balaban J connectivity index is 2.76. The van der Waals surface area contributed by atoms with E-state index in [2.05, 4.69) is 0 Å². The van der Waals surface area contributed by atoms with Crippen molar-refractivity contribution in [3.63, 3.8) is 0 Å². The maximum Gasteiger partial charge on any atom is 0.193 e. The lowest BCUT2D eigenvalue weighted by molar-refractivity contribution is 0.153. The first kappa shape index (κ1) is 8.59. The monoisotopic (exact) mass is 175 g/mol. The van der Waals surface area contributed by atoms with Crippen molar-refractivity contribution in [1.29, 1.82) is 0 Å². The lowest BCUT2D eigenvalue weighted by Gasteiger charge is -2.10. The minimum absolute atomic E-state index is 0.288. The molecule has 3 N–H and O–H groups in total. The van der Waals surface area contributed by atoms with E-state index in [9.17, 15) is 0 Å². The maximum absolute atomic E-state index is 9.06. The Kier molecular flexibility index (Phi) is 2.54. The molecular weight excluding hydrogens is 166 g/mol. The summed E-state index contributed by atoms with van der Waals surface area (Å²) >= 11 is 5.51. The van der Waals surface area contributed by atoms with E-state index in [4.69, 9.17) is 26.9 Å². The summed E-state index contributed by atoms with van der Waals surface area (Å²) in [7, 11) is 0. The fourth-order valence-corrected chi connectivity index (χ4v) is 0.897. The summed E-state index contributed by atoms with van der Waals surface area (Å²) < 4.78 is 4.99. The lowest BCUT2D eigenvalue weighted by atomic mass is 10.1. The van der Waals surface area contributed by atoms with Crippen molar-refractivity contribution in [3.05, 3.63) is 23.1 Å². The van der Waals surface area contributed by atoms with Crippen molar-refractivity contribution in [2.75, 3.05) is 0 Å². The van der Waals surface area contributed by atoms with Gasteiger partial charge < -0.3 is 15.3 Å². The van der Waals surface area contributed by atoms with Gasteiger partial charge in [-0.2, -0.15) is 0 Å². The Hall–Kier alpha value is -0.510. The number of aliphatic hydroxyl groups is 1. The van der Waals surface area contributed by atoms with E-state index in [-0.39, 0.29) is 5.22 Å². The second-order valence-corrected chi connectivity index (χ2v) is 2.78. The first-order valence-corrected chi connectivity index (χ1v) is 3.68. The van der Waals surface area contributed by atoms with E-state index in [1.807, 2.05) is 0 Å².